The molecule has 0 aliphatic rings. The van der Waals surface area contributed by atoms with Crippen LogP contribution in [0.1, 0.15) is 6.92 Å². The molecule has 0 aromatic heterocycles. The summed E-state index contributed by atoms with van der Waals surface area (Å²) in [5.41, 5.74) is 0. The minimum absolute atomic E-state index is 1.22. The lowest BCUT2D eigenvalue weighted by Crippen LogP contribution is -3.05. The molecule has 0 heterocycles. The Bertz CT molecular complexity index is 143. The first kappa shape index (κ1) is 12.5. The number of rotatable bonds is 1. The van der Waals surface area contributed by atoms with Gasteiger partial charge in [-0.15, -0.1) is 0 Å². The summed E-state index contributed by atoms with van der Waals surface area (Å²) in [5, 5.41) is 0. The van der Waals surface area contributed by atoms with Gasteiger partial charge >= 0.3 is 0 Å². The van der Waals surface area contributed by atoms with Crippen molar-refractivity contribution in [2.24, 2.45) is 0 Å². The summed E-state index contributed by atoms with van der Waals surface area (Å²) in [6.45, 7) is 3.38. The Morgan fingerprint density at radius 1 is 1.50 bits per heavy atom. The van der Waals surface area contributed by atoms with Gasteiger partial charge < -0.3 is 9.45 Å². The number of quaternary nitrogens is 1. The van der Waals surface area contributed by atoms with Gasteiger partial charge in [0.15, 0.2) is 0 Å². The highest BCUT2D eigenvalue weighted by Gasteiger charge is 1.75. The van der Waals surface area contributed by atoms with Crippen LogP contribution in [0.4, 0.5) is 0 Å². The quantitative estimate of drug-likeness (QED) is 0.358. The summed E-state index contributed by atoms with van der Waals surface area (Å²) in [6, 6.07) is 0. The molecule has 0 rings (SSSR count). The largest absolute Gasteiger partial charge is 0.726 e. The summed E-state index contributed by atoms with van der Waals surface area (Å²) >= 11 is 0. The molecule has 0 amide bonds. The van der Waals surface area contributed by atoms with Gasteiger partial charge in [0.05, 0.1) is 20.6 Å². The second kappa shape index (κ2) is 5.60. The molecule has 0 aliphatic carbocycles. The molecule has 0 saturated heterocycles. The third kappa shape index (κ3) is 109. The highest BCUT2D eigenvalue weighted by atomic mass is 32.3. The zero-order chi connectivity index (χ0) is 8.78. The van der Waals surface area contributed by atoms with Crippen LogP contribution in [0.3, 0.4) is 0 Å². The summed E-state index contributed by atoms with van der Waals surface area (Å²) < 4.78 is 32.8. The Morgan fingerprint density at radius 2 is 1.60 bits per heavy atom. The predicted molar refractivity (Wildman–Crippen MR) is 35.7 cm³/mol. The first-order chi connectivity index (χ1) is 4.27. The average molecular weight is 171 g/mol. The fourth-order valence-corrected chi connectivity index (χ4v) is 0. The van der Waals surface area contributed by atoms with Crippen molar-refractivity contribution < 1.29 is 22.4 Å². The zero-order valence-electron chi connectivity index (χ0n) is 6.29. The Morgan fingerprint density at radius 3 is 1.60 bits per heavy atom. The van der Waals surface area contributed by atoms with Gasteiger partial charge in [-0.3, -0.25) is 4.55 Å². The van der Waals surface area contributed by atoms with Gasteiger partial charge in [-0.1, -0.05) is 0 Å². The predicted octanol–water partition coefficient (Wildman–Crippen LogP) is -1.84. The summed E-state index contributed by atoms with van der Waals surface area (Å²) in [7, 11) is -0.639. The van der Waals surface area contributed by atoms with Gasteiger partial charge in [0.2, 0.25) is 10.4 Å². The number of hydrogen-bond donors (Lipinski definition) is 2. The van der Waals surface area contributed by atoms with Gasteiger partial charge in [-0.05, 0) is 6.92 Å². The molecule has 0 saturated carbocycles. The van der Waals surface area contributed by atoms with Crippen LogP contribution in [0.2, 0.25) is 0 Å². The second-order valence-corrected chi connectivity index (χ2v) is 2.84. The van der Waals surface area contributed by atoms with E-state index in [2.05, 4.69) is 21.0 Å². The van der Waals surface area contributed by atoms with Gasteiger partial charge in [0, 0.05) is 0 Å². The second-order valence-electron chi connectivity index (χ2n) is 1.99. The van der Waals surface area contributed by atoms with Crippen molar-refractivity contribution in [1.29, 1.82) is 0 Å². The maximum Gasteiger partial charge on any atom is 0.215 e. The van der Waals surface area contributed by atoms with Gasteiger partial charge in [0.1, 0.15) is 0 Å². The van der Waals surface area contributed by atoms with Crippen molar-refractivity contribution in [3.8, 4) is 0 Å². The minimum Gasteiger partial charge on any atom is -0.726 e. The first-order valence-electron chi connectivity index (χ1n) is 2.74. The molecule has 0 spiro atoms. The van der Waals surface area contributed by atoms with Crippen molar-refractivity contribution in [3.05, 3.63) is 0 Å². The van der Waals surface area contributed by atoms with Crippen LogP contribution >= 0.6 is 0 Å². The van der Waals surface area contributed by atoms with Crippen molar-refractivity contribution in [2.75, 3.05) is 20.6 Å². The molecular weight excluding hydrogens is 158 g/mol. The van der Waals surface area contributed by atoms with E-state index in [-0.39, 0.29) is 0 Å². The van der Waals surface area contributed by atoms with Crippen LogP contribution < -0.4 is 4.90 Å². The Hall–Kier alpha value is -0.170. The van der Waals surface area contributed by atoms with E-state index < -0.39 is 10.4 Å². The highest BCUT2D eigenvalue weighted by molar-refractivity contribution is 7.79. The van der Waals surface area contributed by atoms with Crippen LogP contribution in [0.25, 0.3) is 0 Å². The molecule has 0 aliphatic heterocycles. The molecule has 2 N–H and O–H groups in total. The van der Waals surface area contributed by atoms with Crippen LogP contribution in [0, 0.1) is 0 Å². The molecule has 5 nitrogen and oxygen atoms in total. The average Bonchev–Trinajstić information content (AvgIpc) is 1.61. The van der Waals surface area contributed by atoms with Gasteiger partial charge in [0.25, 0.3) is 0 Å². The topological polar surface area (TPSA) is 81.9 Å². The normalized spacial score (nSPS) is 10.6. The van der Waals surface area contributed by atoms with Crippen molar-refractivity contribution in [3.63, 3.8) is 0 Å². The lowest BCUT2D eigenvalue weighted by atomic mass is 10.7. The lowest BCUT2D eigenvalue weighted by molar-refractivity contribution is -0.856. The van der Waals surface area contributed by atoms with Crippen molar-refractivity contribution in [1.82, 2.24) is 0 Å². The molecule has 6 heteroatoms. The van der Waals surface area contributed by atoms with Crippen molar-refractivity contribution in [2.45, 2.75) is 6.92 Å². The molecule has 0 radical (unpaired) electrons. The fraction of sp³-hybridized carbons (Fsp3) is 1.00. The maximum absolute atomic E-state index is 8.63. The van der Waals surface area contributed by atoms with E-state index in [1.807, 2.05) is 0 Å². The zero-order valence-corrected chi connectivity index (χ0v) is 7.10. The first-order valence-corrected chi connectivity index (χ1v) is 4.11. The highest BCUT2D eigenvalue weighted by Crippen LogP contribution is 1.58. The van der Waals surface area contributed by atoms with E-state index >= 15 is 0 Å². The maximum atomic E-state index is 8.63. The third-order valence-corrected chi connectivity index (χ3v) is 0.707. The smallest absolute Gasteiger partial charge is 0.215 e. The standard InChI is InChI=1S/C4H11N.H2O4S/c1-4-5(2)3;1-5(2,3)4/h4H2,1-3H3;(H2,1,2,3,4). The lowest BCUT2D eigenvalue weighted by Gasteiger charge is -1.97. The summed E-state index contributed by atoms with van der Waals surface area (Å²) in [6.07, 6.45) is 0. The fourth-order valence-electron chi connectivity index (χ4n) is 0. The van der Waals surface area contributed by atoms with E-state index in [0.717, 1.165) is 0 Å². The summed E-state index contributed by atoms with van der Waals surface area (Å²) in [4.78, 5) is 1.50. The van der Waals surface area contributed by atoms with Crippen LogP contribution in [0.15, 0.2) is 0 Å². The molecule has 0 unspecified atom stereocenters. The van der Waals surface area contributed by atoms with E-state index in [4.69, 9.17) is 17.5 Å². The van der Waals surface area contributed by atoms with E-state index in [1.54, 1.807) is 0 Å². The Labute approximate surface area is 61.2 Å². The Kier molecular flexibility index (Phi) is 7.00. The van der Waals surface area contributed by atoms with E-state index in [0.29, 0.717) is 0 Å². The van der Waals surface area contributed by atoms with Crippen LogP contribution in [-0.2, 0) is 10.4 Å². The SMILES string of the molecule is CC[NH+](C)C.O=S(=O)([O-])O. The molecule has 0 bridgehead atoms. The van der Waals surface area contributed by atoms with Crippen LogP contribution in [-0.4, -0.2) is 38.2 Å². The monoisotopic (exact) mass is 171 g/mol. The van der Waals surface area contributed by atoms with Gasteiger partial charge in [-0.25, -0.2) is 8.42 Å². The third-order valence-electron chi connectivity index (χ3n) is 0.707. The van der Waals surface area contributed by atoms with Crippen LogP contribution in [0.5, 0.6) is 0 Å². The van der Waals surface area contributed by atoms with E-state index in [1.165, 1.54) is 11.4 Å². The number of hydrogen-bond acceptors (Lipinski definition) is 3. The minimum atomic E-state index is -4.92. The Balaban J connectivity index is 0. The number of nitrogens with one attached hydrogen (secondary N) is 1. The molecule has 0 fully saturated rings. The molecule has 0 aromatic carbocycles. The van der Waals surface area contributed by atoms with Crippen molar-refractivity contribution >= 4 is 10.4 Å². The van der Waals surface area contributed by atoms with Gasteiger partial charge in [-0.2, -0.15) is 0 Å². The molecule has 0 aromatic rings. The molecular formula is C4H13NO4S. The molecule has 0 atom stereocenters. The molecule has 64 valence electrons. The molecule has 10 heavy (non-hydrogen) atoms. The summed E-state index contributed by atoms with van der Waals surface area (Å²) in [5.74, 6) is 0. The van der Waals surface area contributed by atoms with E-state index in [9.17, 15) is 0 Å².